The average Bonchev–Trinajstić information content (AvgIpc) is 2.16. The van der Waals surface area contributed by atoms with E-state index in [1.165, 1.54) is 0 Å². The monoisotopic (exact) mass is 188 g/mol. The first-order valence-corrected chi connectivity index (χ1v) is 4.57. The van der Waals surface area contributed by atoms with E-state index in [1.807, 2.05) is 13.8 Å². The fourth-order valence-electron chi connectivity index (χ4n) is 0.736. The zero-order chi connectivity index (χ0) is 10.9. The van der Waals surface area contributed by atoms with Gasteiger partial charge < -0.3 is 11.1 Å². The molecule has 3 N–H and O–H groups in total. The molecule has 0 rings (SSSR count). The summed E-state index contributed by atoms with van der Waals surface area (Å²) in [4.78, 5) is 21.2. The van der Waals surface area contributed by atoms with E-state index in [-0.39, 0.29) is 24.2 Å². The molecule has 0 radical (unpaired) electrons. The third kappa shape index (κ3) is 8.85. The van der Waals surface area contributed by atoms with Crippen molar-refractivity contribution in [1.82, 2.24) is 5.32 Å². The molecule has 1 unspecified atom stereocenters. The van der Waals surface area contributed by atoms with Crippen LogP contribution in [0.2, 0.25) is 0 Å². The standard InChI is InChI=1S/C7H14N2O2.C2H6/c1-5(7(11)9-2)3-4-6(8)10;1-2/h5H,3-4H2,1-2H3,(H2,8,10)(H,9,11);1-2H3. The van der Waals surface area contributed by atoms with Crippen LogP contribution in [-0.2, 0) is 9.59 Å². The largest absolute Gasteiger partial charge is 0.370 e. The van der Waals surface area contributed by atoms with Crippen molar-refractivity contribution in [2.24, 2.45) is 11.7 Å². The summed E-state index contributed by atoms with van der Waals surface area (Å²) in [6, 6.07) is 0. The van der Waals surface area contributed by atoms with Crippen LogP contribution in [0, 0.1) is 5.92 Å². The summed E-state index contributed by atoms with van der Waals surface area (Å²) >= 11 is 0. The Morgan fingerprint density at radius 1 is 1.38 bits per heavy atom. The summed E-state index contributed by atoms with van der Waals surface area (Å²) in [5, 5.41) is 2.50. The molecule has 1 atom stereocenters. The summed E-state index contributed by atoms with van der Waals surface area (Å²) in [6.07, 6.45) is 0.795. The van der Waals surface area contributed by atoms with Gasteiger partial charge in [-0.25, -0.2) is 0 Å². The molecular formula is C9H20N2O2. The van der Waals surface area contributed by atoms with E-state index >= 15 is 0 Å². The Balaban J connectivity index is 0. The number of primary amides is 1. The quantitative estimate of drug-likeness (QED) is 0.680. The van der Waals surface area contributed by atoms with Crippen molar-refractivity contribution in [2.45, 2.75) is 33.6 Å². The summed E-state index contributed by atoms with van der Waals surface area (Å²) < 4.78 is 0. The van der Waals surface area contributed by atoms with Gasteiger partial charge in [-0.15, -0.1) is 0 Å². The Kier molecular flexibility index (Phi) is 10.0. The third-order valence-electron chi connectivity index (χ3n) is 1.52. The average molecular weight is 188 g/mol. The van der Waals surface area contributed by atoms with Gasteiger partial charge in [0.05, 0.1) is 0 Å². The molecule has 0 aromatic rings. The minimum atomic E-state index is -0.360. The SMILES string of the molecule is CC.CNC(=O)C(C)CCC(N)=O. The van der Waals surface area contributed by atoms with Crippen LogP contribution in [0.25, 0.3) is 0 Å². The number of nitrogens with one attached hydrogen (secondary N) is 1. The fourth-order valence-corrected chi connectivity index (χ4v) is 0.736. The molecule has 4 heteroatoms. The molecular weight excluding hydrogens is 168 g/mol. The van der Waals surface area contributed by atoms with Crippen molar-refractivity contribution in [3.63, 3.8) is 0 Å². The maximum absolute atomic E-state index is 10.9. The number of hydrogen-bond acceptors (Lipinski definition) is 2. The number of carbonyl (C=O) groups is 2. The van der Waals surface area contributed by atoms with Crippen molar-refractivity contribution >= 4 is 11.8 Å². The molecule has 78 valence electrons. The highest BCUT2D eigenvalue weighted by Crippen LogP contribution is 2.03. The highest BCUT2D eigenvalue weighted by molar-refractivity contribution is 5.79. The number of hydrogen-bond donors (Lipinski definition) is 2. The Morgan fingerprint density at radius 3 is 2.15 bits per heavy atom. The molecule has 0 saturated heterocycles. The second-order valence-corrected chi connectivity index (χ2v) is 2.52. The summed E-state index contributed by atoms with van der Waals surface area (Å²) in [7, 11) is 1.57. The van der Waals surface area contributed by atoms with Crippen LogP contribution in [0.5, 0.6) is 0 Å². The molecule has 0 saturated carbocycles. The Bertz CT molecular complexity index is 158. The normalized spacial score (nSPS) is 10.8. The minimum Gasteiger partial charge on any atom is -0.370 e. The van der Waals surface area contributed by atoms with E-state index in [0.29, 0.717) is 6.42 Å². The molecule has 0 fully saturated rings. The molecule has 0 aromatic heterocycles. The van der Waals surface area contributed by atoms with Crippen LogP contribution in [0.15, 0.2) is 0 Å². The number of rotatable bonds is 4. The van der Waals surface area contributed by atoms with E-state index < -0.39 is 0 Å². The lowest BCUT2D eigenvalue weighted by Gasteiger charge is -2.06. The number of amides is 2. The van der Waals surface area contributed by atoms with Crippen molar-refractivity contribution in [1.29, 1.82) is 0 Å². The van der Waals surface area contributed by atoms with E-state index in [4.69, 9.17) is 5.73 Å². The van der Waals surface area contributed by atoms with E-state index in [1.54, 1.807) is 14.0 Å². The maximum atomic E-state index is 10.9. The lowest BCUT2D eigenvalue weighted by Crippen LogP contribution is -2.26. The van der Waals surface area contributed by atoms with Gasteiger partial charge in [0.25, 0.3) is 0 Å². The van der Waals surface area contributed by atoms with Gasteiger partial charge in [-0.1, -0.05) is 20.8 Å². The lowest BCUT2D eigenvalue weighted by atomic mass is 10.1. The zero-order valence-electron chi connectivity index (χ0n) is 8.89. The molecule has 0 aliphatic rings. The van der Waals surface area contributed by atoms with Gasteiger partial charge in [-0.2, -0.15) is 0 Å². The van der Waals surface area contributed by atoms with Gasteiger partial charge in [0.2, 0.25) is 11.8 Å². The molecule has 0 spiro atoms. The zero-order valence-corrected chi connectivity index (χ0v) is 8.89. The van der Waals surface area contributed by atoms with E-state index in [0.717, 1.165) is 0 Å². The van der Waals surface area contributed by atoms with Crippen LogP contribution >= 0.6 is 0 Å². The predicted molar refractivity (Wildman–Crippen MR) is 53.0 cm³/mol. The van der Waals surface area contributed by atoms with Crippen LogP contribution in [0.3, 0.4) is 0 Å². The minimum absolute atomic E-state index is 0.0498. The van der Waals surface area contributed by atoms with Gasteiger partial charge in [0.1, 0.15) is 0 Å². The van der Waals surface area contributed by atoms with Gasteiger partial charge >= 0.3 is 0 Å². The third-order valence-corrected chi connectivity index (χ3v) is 1.52. The smallest absolute Gasteiger partial charge is 0.222 e. The van der Waals surface area contributed by atoms with Crippen LogP contribution in [0.4, 0.5) is 0 Å². The molecule has 2 amide bonds. The lowest BCUT2D eigenvalue weighted by molar-refractivity contribution is -0.124. The van der Waals surface area contributed by atoms with Crippen molar-refractivity contribution < 1.29 is 9.59 Å². The van der Waals surface area contributed by atoms with Crippen LogP contribution < -0.4 is 11.1 Å². The van der Waals surface area contributed by atoms with Crippen molar-refractivity contribution in [2.75, 3.05) is 7.05 Å². The van der Waals surface area contributed by atoms with Gasteiger partial charge in [0.15, 0.2) is 0 Å². The molecule has 13 heavy (non-hydrogen) atoms. The molecule has 4 nitrogen and oxygen atoms in total. The molecule has 0 aliphatic heterocycles. The summed E-state index contributed by atoms with van der Waals surface area (Å²) in [5.74, 6) is -0.542. The number of nitrogens with two attached hydrogens (primary N) is 1. The second kappa shape index (κ2) is 9.03. The fraction of sp³-hybridized carbons (Fsp3) is 0.778. The van der Waals surface area contributed by atoms with Crippen molar-refractivity contribution in [3.8, 4) is 0 Å². The summed E-state index contributed by atoms with van der Waals surface area (Å²) in [5.41, 5.74) is 4.91. The summed E-state index contributed by atoms with van der Waals surface area (Å²) in [6.45, 7) is 5.77. The highest BCUT2D eigenvalue weighted by atomic mass is 16.2. The van der Waals surface area contributed by atoms with E-state index in [9.17, 15) is 9.59 Å². The number of carbonyl (C=O) groups excluding carboxylic acids is 2. The first kappa shape index (κ1) is 14.5. The predicted octanol–water partition coefficient (Wildman–Crippen LogP) is 0.660. The van der Waals surface area contributed by atoms with E-state index in [2.05, 4.69) is 5.32 Å². The Labute approximate surface area is 79.9 Å². The Hall–Kier alpha value is -1.06. The first-order chi connectivity index (χ1) is 6.07. The van der Waals surface area contributed by atoms with Gasteiger partial charge in [-0.05, 0) is 6.42 Å². The topological polar surface area (TPSA) is 72.2 Å². The second-order valence-electron chi connectivity index (χ2n) is 2.52. The molecule has 0 bridgehead atoms. The highest BCUT2D eigenvalue weighted by Gasteiger charge is 2.10. The van der Waals surface area contributed by atoms with Crippen LogP contribution in [0.1, 0.15) is 33.6 Å². The van der Waals surface area contributed by atoms with Crippen molar-refractivity contribution in [3.05, 3.63) is 0 Å². The van der Waals surface area contributed by atoms with Crippen LogP contribution in [-0.4, -0.2) is 18.9 Å². The molecule has 0 aliphatic carbocycles. The maximum Gasteiger partial charge on any atom is 0.222 e. The van der Waals surface area contributed by atoms with Gasteiger partial charge in [0, 0.05) is 19.4 Å². The Morgan fingerprint density at radius 2 is 1.85 bits per heavy atom. The molecule has 0 aromatic carbocycles. The molecule has 0 heterocycles. The van der Waals surface area contributed by atoms with Gasteiger partial charge in [-0.3, -0.25) is 9.59 Å². The first-order valence-electron chi connectivity index (χ1n) is 4.57.